The highest BCUT2D eigenvalue weighted by Crippen LogP contribution is 2.34. The molecule has 2 aliphatic carbocycles. The molecule has 0 spiro atoms. The molecule has 0 unspecified atom stereocenters. The number of rotatable bonds is 7. The van der Waals surface area contributed by atoms with Crippen LogP contribution in [0.3, 0.4) is 0 Å². The summed E-state index contributed by atoms with van der Waals surface area (Å²) < 4.78 is 6.84. The lowest BCUT2D eigenvalue weighted by molar-refractivity contribution is -0.138. The van der Waals surface area contributed by atoms with Crippen LogP contribution >= 0.6 is 0 Å². The van der Waals surface area contributed by atoms with Gasteiger partial charge in [0.15, 0.2) is 5.78 Å². The van der Waals surface area contributed by atoms with Gasteiger partial charge in [0.25, 0.3) is 0 Å². The van der Waals surface area contributed by atoms with Crippen molar-refractivity contribution in [1.29, 1.82) is 0 Å². The molecule has 6 nitrogen and oxygen atoms in total. The van der Waals surface area contributed by atoms with Crippen LogP contribution in [0, 0.1) is 19.8 Å². The summed E-state index contributed by atoms with van der Waals surface area (Å²) >= 11 is 0. The van der Waals surface area contributed by atoms with E-state index in [-0.39, 0.29) is 36.8 Å². The molecule has 0 N–H and O–H groups in total. The fourth-order valence-electron chi connectivity index (χ4n) is 3.77. The van der Waals surface area contributed by atoms with Gasteiger partial charge in [-0.25, -0.2) is 4.79 Å². The quantitative estimate of drug-likeness (QED) is 0.554. The third kappa shape index (κ3) is 3.29. The van der Waals surface area contributed by atoms with Crippen LogP contribution in [0.5, 0.6) is 0 Å². The first kappa shape index (κ1) is 18.7. The van der Waals surface area contributed by atoms with Crippen molar-refractivity contribution in [3.63, 3.8) is 0 Å². The van der Waals surface area contributed by atoms with E-state index in [4.69, 9.17) is 4.74 Å². The predicted octanol–water partition coefficient (Wildman–Crippen LogP) is 2.79. The Kier molecular flexibility index (Phi) is 5.21. The minimum atomic E-state index is -0.417. The first-order valence-corrected chi connectivity index (χ1v) is 9.53. The Morgan fingerprint density at radius 2 is 1.81 bits per heavy atom. The van der Waals surface area contributed by atoms with Gasteiger partial charge in [0.2, 0.25) is 5.91 Å². The van der Waals surface area contributed by atoms with Crippen molar-refractivity contribution in [2.75, 3.05) is 13.2 Å². The summed E-state index contributed by atoms with van der Waals surface area (Å²) in [4.78, 5) is 39.8. The maximum atomic E-state index is 13.0. The maximum Gasteiger partial charge on any atom is 0.355 e. The van der Waals surface area contributed by atoms with Gasteiger partial charge < -0.3 is 14.2 Å². The van der Waals surface area contributed by atoms with E-state index in [9.17, 15) is 14.4 Å². The van der Waals surface area contributed by atoms with Crippen LogP contribution in [-0.2, 0) is 16.6 Å². The highest BCUT2D eigenvalue weighted by atomic mass is 16.5. The van der Waals surface area contributed by atoms with Crippen molar-refractivity contribution in [3.05, 3.63) is 22.5 Å². The summed E-state index contributed by atoms with van der Waals surface area (Å²) in [6.45, 7) is 5.76. The highest BCUT2D eigenvalue weighted by molar-refractivity contribution is 6.04. The number of carbonyl (C=O) groups excluding carboxylic acids is 3. The molecule has 0 bridgehead atoms. The first-order chi connectivity index (χ1) is 12.4. The summed E-state index contributed by atoms with van der Waals surface area (Å²) in [5, 5.41) is 0. The van der Waals surface area contributed by atoms with Gasteiger partial charge >= 0.3 is 5.97 Å². The number of ketones is 1. The standard InChI is InChI=1S/C20H28N2O4/c1-5-26-20(25)18-12(2)17(13(3)21(18)4)16(23)11-22(15-9-10-15)19(24)14-7-6-8-14/h14-15H,5-11H2,1-4H3. The molecule has 0 saturated heterocycles. The molecular weight excluding hydrogens is 332 g/mol. The molecule has 2 aliphatic rings. The number of Topliss-reactive ketones (excluding diaryl/α,β-unsaturated/α-hetero) is 1. The summed E-state index contributed by atoms with van der Waals surface area (Å²) in [6, 6.07) is 0.209. The van der Waals surface area contributed by atoms with Gasteiger partial charge in [-0.05, 0) is 52.0 Å². The average Bonchev–Trinajstić information content (AvgIpc) is 3.32. The number of nitrogens with zero attached hydrogens (tertiary/aromatic N) is 2. The fourth-order valence-corrected chi connectivity index (χ4v) is 3.77. The van der Waals surface area contributed by atoms with Gasteiger partial charge in [0.1, 0.15) is 5.69 Å². The van der Waals surface area contributed by atoms with Crippen molar-refractivity contribution in [3.8, 4) is 0 Å². The zero-order valence-electron chi connectivity index (χ0n) is 16.1. The molecule has 3 rings (SSSR count). The third-order valence-electron chi connectivity index (χ3n) is 5.72. The van der Waals surface area contributed by atoms with Gasteiger partial charge in [-0.2, -0.15) is 0 Å². The largest absolute Gasteiger partial charge is 0.461 e. The lowest BCUT2D eigenvalue weighted by Gasteiger charge is -2.31. The Labute approximate surface area is 154 Å². The Hall–Kier alpha value is -2.11. The fraction of sp³-hybridized carbons (Fsp3) is 0.650. The normalized spacial score (nSPS) is 16.9. The van der Waals surface area contributed by atoms with E-state index in [1.807, 2.05) is 6.92 Å². The van der Waals surface area contributed by atoms with E-state index >= 15 is 0 Å². The van der Waals surface area contributed by atoms with Crippen LogP contribution in [0.15, 0.2) is 0 Å². The number of ether oxygens (including phenoxy) is 1. The van der Waals surface area contributed by atoms with Crippen LogP contribution in [-0.4, -0.2) is 46.3 Å². The third-order valence-corrected chi connectivity index (χ3v) is 5.72. The number of carbonyl (C=O) groups is 3. The zero-order valence-corrected chi connectivity index (χ0v) is 16.1. The van der Waals surface area contributed by atoms with Crippen LogP contribution in [0.1, 0.15) is 71.1 Å². The van der Waals surface area contributed by atoms with Crippen molar-refractivity contribution in [2.45, 2.75) is 58.9 Å². The molecule has 142 valence electrons. The Bertz CT molecular complexity index is 741. The molecular formula is C20H28N2O4. The summed E-state index contributed by atoms with van der Waals surface area (Å²) in [6.07, 6.45) is 4.93. The van der Waals surface area contributed by atoms with Gasteiger partial charge in [0, 0.05) is 30.3 Å². The molecule has 2 saturated carbocycles. The second kappa shape index (κ2) is 7.25. The number of esters is 1. The number of hydrogen-bond acceptors (Lipinski definition) is 4. The smallest absolute Gasteiger partial charge is 0.355 e. The number of aromatic nitrogens is 1. The van der Waals surface area contributed by atoms with Gasteiger partial charge in [-0.3, -0.25) is 9.59 Å². The highest BCUT2D eigenvalue weighted by Gasteiger charge is 2.39. The van der Waals surface area contributed by atoms with Crippen LogP contribution in [0.2, 0.25) is 0 Å². The van der Waals surface area contributed by atoms with Crippen LogP contribution in [0.4, 0.5) is 0 Å². The van der Waals surface area contributed by atoms with Gasteiger partial charge in [-0.15, -0.1) is 0 Å². The molecule has 1 amide bonds. The molecule has 26 heavy (non-hydrogen) atoms. The minimum Gasteiger partial charge on any atom is -0.461 e. The van der Waals surface area contributed by atoms with E-state index in [0.717, 1.165) is 37.8 Å². The van der Waals surface area contributed by atoms with Gasteiger partial charge in [0.05, 0.1) is 13.2 Å². The SMILES string of the molecule is CCOC(=O)c1c(C)c(C(=O)CN(C(=O)C2CCC2)C2CC2)c(C)n1C. The Morgan fingerprint density at radius 3 is 2.31 bits per heavy atom. The van der Waals surface area contributed by atoms with E-state index in [1.165, 1.54) is 0 Å². The number of hydrogen-bond donors (Lipinski definition) is 0. The van der Waals surface area contributed by atoms with E-state index in [1.54, 1.807) is 30.4 Å². The monoisotopic (exact) mass is 360 g/mol. The topological polar surface area (TPSA) is 68.6 Å². The second-order valence-corrected chi connectivity index (χ2v) is 7.46. The lowest BCUT2D eigenvalue weighted by atomic mass is 9.84. The van der Waals surface area contributed by atoms with Crippen molar-refractivity contribution < 1.29 is 19.1 Å². The Balaban J connectivity index is 1.83. The second-order valence-electron chi connectivity index (χ2n) is 7.46. The summed E-state index contributed by atoms with van der Waals surface area (Å²) in [7, 11) is 1.77. The van der Waals surface area contributed by atoms with E-state index < -0.39 is 5.97 Å². The number of amides is 1. The molecule has 0 aromatic carbocycles. The molecule has 0 radical (unpaired) electrons. The lowest BCUT2D eigenvalue weighted by Crippen LogP contribution is -2.43. The van der Waals surface area contributed by atoms with Crippen molar-refractivity contribution in [2.24, 2.45) is 13.0 Å². The van der Waals surface area contributed by atoms with E-state index in [2.05, 4.69) is 0 Å². The molecule has 6 heteroatoms. The minimum absolute atomic E-state index is 0.0919. The van der Waals surface area contributed by atoms with Crippen LogP contribution < -0.4 is 0 Å². The van der Waals surface area contributed by atoms with Crippen molar-refractivity contribution in [1.82, 2.24) is 9.47 Å². The average molecular weight is 360 g/mol. The molecule has 0 atom stereocenters. The molecule has 1 aromatic heterocycles. The van der Waals surface area contributed by atoms with Gasteiger partial charge in [-0.1, -0.05) is 6.42 Å². The van der Waals surface area contributed by atoms with Crippen molar-refractivity contribution >= 4 is 17.7 Å². The molecule has 1 heterocycles. The summed E-state index contributed by atoms with van der Waals surface area (Å²) in [5.74, 6) is -0.287. The van der Waals surface area contributed by atoms with Crippen LogP contribution in [0.25, 0.3) is 0 Å². The first-order valence-electron chi connectivity index (χ1n) is 9.53. The maximum absolute atomic E-state index is 13.0. The Morgan fingerprint density at radius 1 is 1.15 bits per heavy atom. The van der Waals surface area contributed by atoms with E-state index in [0.29, 0.717) is 16.8 Å². The summed E-state index contributed by atoms with van der Waals surface area (Å²) in [5.41, 5.74) is 2.33. The zero-order chi connectivity index (χ0) is 19.0. The molecule has 0 aliphatic heterocycles. The predicted molar refractivity (Wildman–Crippen MR) is 97.3 cm³/mol. The molecule has 2 fully saturated rings. The molecule has 1 aromatic rings.